The van der Waals surface area contributed by atoms with Crippen molar-refractivity contribution in [1.82, 2.24) is 0 Å². The molecule has 0 saturated heterocycles. The van der Waals surface area contributed by atoms with Crippen molar-refractivity contribution in [3.63, 3.8) is 0 Å². The molecule has 0 bridgehead atoms. The van der Waals surface area contributed by atoms with Crippen LogP contribution < -0.4 is 0 Å². The number of phenols is 1. The highest BCUT2D eigenvalue weighted by Crippen LogP contribution is 2.64. The van der Waals surface area contributed by atoms with Crippen molar-refractivity contribution in [3.05, 3.63) is 29.3 Å². The number of phenolic OH excluding ortho intramolecular Hbond substituents is 1. The molecule has 0 amide bonds. The number of hydrogen-bond donors (Lipinski definition) is 2. The van der Waals surface area contributed by atoms with Crippen LogP contribution in [0.2, 0.25) is 0 Å². The van der Waals surface area contributed by atoms with Crippen molar-refractivity contribution in [2.75, 3.05) is 0 Å². The lowest BCUT2D eigenvalue weighted by molar-refractivity contribution is -0.0503. The Bertz CT molecular complexity index is 637. The first kappa shape index (κ1) is 16.4. The zero-order valence-corrected chi connectivity index (χ0v) is 15.5. The van der Waals surface area contributed by atoms with Gasteiger partial charge in [-0.05, 0) is 89.9 Å². The van der Waals surface area contributed by atoms with Gasteiger partial charge in [0.15, 0.2) is 0 Å². The monoisotopic (exact) mass is 328 g/mol. The van der Waals surface area contributed by atoms with E-state index in [1.165, 1.54) is 24.0 Å². The Kier molecular flexibility index (Phi) is 3.76. The standard InChI is InChI=1S/C22H32O2/c1-12(2)18-11-14-10-15(23)5-6-16(14)17-7-8-22(4)19(20(17)18)9-13(3)21(22)24/h5-6,10,12-13,17-21,23-24H,7-9,11H2,1-4H3. The van der Waals surface area contributed by atoms with E-state index in [1.54, 1.807) is 0 Å². The Balaban J connectivity index is 1.80. The summed E-state index contributed by atoms with van der Waals surface area (Å²) in [4.78, 5) is 0. The van der Waals surface area contributed by atoms with Gasteiger partial charge in [-0.1, -0.05) is 33.8 Å². The molecular weight excluding hydrogens is 296 g/mol. The molecule has 2 nitrogen and oxygen atoms in total. The molecule has 24 heavy (non-hydrogen) atoms. The maximum atomic E-state index is 10.9. The summed E-state index contributed by atoms with van der Waals surface area (Å²) in [6.45, 7) is 9.31. The summed E-state index contributed by atoms with van der Waals surface area (Å²) in [6.07, 6.45) is 4.44. The van der Waals surface area contributed by atoms with Crippen LogP contribution in [0.5, 0.6) is 5.75 Å². The number of benzene rings is 1. The Hall–Kier alpha value is -1.02. The molecule has 0 radical (unpaired) electrons. The lowest BCUT2D eigenvalue weighted by Gasteiger charge is -2.54. The van der Waals surface area contributed by atoms with Crippen LogP contribution in [0.15, 0.2) is 18.2 Å². The fraction of sp³-hybridized carbons (Fsp3) is 0.727. The molecule has 2 fully saturated rings. The van der Waals surface area contributed by atoms with Crippen LogP contribution in [0.25, 0.3) is 0 Å². The maximum Gasteiger partial charge on any atom is 0.115 e. The van der Waals surface area contributed by atoms with E-state index in [4.69, 9.17) is 0 Å². The Morgan fingerprint density at radius 3 is 2.71 bits per heavy atom. The van der Waals surface area contributed by atoms with E-state index in [2.05, 4.69) is 33.8 Å². The normalized spacial score (nSPS) is 44.1. The molecule has 132 valence electrons. The lowest BCUT2D eigenvalue weighted by atomic mass is 9.51. The van der Waals surface area contributed by atoms with Gasteiger partial charge in [0, 0.05) is 0 Å². The van der Waals surface area contributed by atoms with Crippen molar-refractivity contribution in [1.29, 1.82) is 0 Å². The molecule has 2 saturated carbocycles. The molecule has 7 atom stereocenters. The van der Waals surface area contributed by atoms with Gasteiger partial charge in [-0.25, -0.2) is 0 Å². The van der Waals surface area contributed by atoms with Crippen LogP contribution in [0.4, 0.5) is 0 Å². The Morgan fingerprint density at radius 1 is 1.25 bits per heavy atom. The van der Waals surface area contributed by atoms with E-state index in [0.29, 0.717) is 41.3 Å². The van der Waals surface area contributed by atoms with E-state index in [0.717, 1.165) is 12.8 Å². The Labute approximate surface area is 146 Å². The molecule has 4 rings (SSSR count). The molecule has 3 aliphatic carbocycles. The van der Waals surface area contributed by atoms with Gasteiger partial charge in [-0.15, -0.1) is 0 Å². The van der Waals surface area contributed by atoms with Gasteiger partial charge >= 0.3 is 0 Å². The molecule has 3 aliphatic rings. The summed E-state index contributed by atoms with van der Waals surface area (Å²) in [5.74, 6) is 4.05. The molecule has 2 heteroatoms. The summed E-state index contributed by atoms with van der Waals surface area (Å²) in [5.41, 5.74) is 2.94. The minimum Gasteiger partial charge on any atom is -0.508 e. The van der Waals surface area contributed by atoms with E-state index in [1.807, 2.05) is 12.1 Å². The van der Waals surface area contributed by atoms with Crippen molar-refractivity contribution in [3.8, 4) is 5.75 Å². The van der Waals surface area contributed by atoms with Crippen molar-refractivity contribution in [2.24, 2.45) is 35.0 Å². The molecule has 0 aliphatic heterocycles. The second-order valence-corrected chi connectivity index (χ2v) is 9.49. The molecular formula is C22H32O2. The molecule has 2 N–H and O–H groups in total. The maximum absolute atomic E-state index is 10.9. The zero-order valence-electron chi connectivity index (χ0n) is 15.5. The number of hydrogen-bond acceptors (Lipinski definition) is 2. The van der Waals surface area contributed by atoms with E-state index >= 15 is 0 Å². The fourth-order valence-corrected chi connectivity index (χ4v) is 6.70. The number of rotatable bonds is 1. The van der Waals surface area contributed by atoms with Gasteiger partial charge in [-0.2, -0.15) is 0 Å². The van der Waals surface area contributed by atoms with Crippen LogP contribution in [-0.4, -0.2) is 16.3 Å². The number of aliphatic hydroxyl groups excluding tert-OH is 1. The van der Waals surface area contributed by atoms with Gasteiger partial charge in [0.25, 0.3) is 0 Å². The Morgan fingerprint density at radius 2 is 2.00 bits per heavy atom. The predicted molar refractivity (Wildman–Crippen MR) is 97.0 cm³/mol. The van der Waals surface area contributed by atoms with Gasteiger partial charge in [0.05, 0.1) is 6.10 Å². The van der Waals surface area contributed by atoms with Crippen LogP contribution in [0, 0.1) is 35.0 Å². The molecule has 7 unspecified atom stereocenters. The lowest BCUT2D eigenvalue weighted by Crippen LogP contribution is -2.48. The van der Waals surface area contributed by atoms with Gasteiger partial charge in [0.1, 0.15) is 5.75 Å². The smallest absolute Gasteiger partial charge is 0.115 e. The summed E-state index contributed by atoms with van der Waals surface area (Å²) in [5, 5.41) is 20.8. The first-order valence-electron chi connectivity index (χ1n) is 9.82. The fourth-order valence-electron chi connectivity index (χ4n) is 6.70. The minimum atomic E-state index is -0.141. The predicted octanol–water partition coefficient (Wildman–Crippen LogP) is 4.74. The van der Waals surface area contributed by atoms with Gasteiger partial charge < -0.3 is 10.2 Å². The third kappa shape index (κ3) is 2.18. The van der Waals surface area contributed by atoms with Crippen LogP contribution in [-0.2, 0) is 6.42 Å². The molecule has 1 aromatic carbocycles. The van der Waals surface area contributed by atoms with Crippen LogP contribution >= 0.6 is 0 Å². The molecule has 0 aromatic heterocycles. The second kappa shape index (κ2) is 5.49. The van der Waals surface area contributed by atoms with Crippen molar-refractivity contribution >= 4 is 0 Å². The number of fused-ring (bicyclic) bond motifs is 5. The third-order valence-corrected chi connectivity index (χ3v) is 7.94. The second-order valence-electron chi connectivity index (χ2n) is 9.49. The SMILES string of the molecule is CC(C)C1Cc2cc(O)ccc2C2CCC3(C)C(O)C(C)CC3C21. The van der Waals surface area contributed by atoms with Crippen LogP contribution in [0.3, 0.4) is 0 Å². The average Bonchev–Trinajstić information content (AvgIpc) is 2.77. The average molecular weight is 328 g/mol. The largest absolute Gasteiger partial charge is 0.508 e. The van der Waals surface area contributed by atoms with Gasteiger partial charge in [-0.3, -0.25) is 0 Å². The summed E-state index contributed by atoms with van der Waals surface area (Å²) < 4.78 is 0. The number of aliphatic hydroxyl groups is 1. The minimum absolute atomic E-state index is 0.0994. The highest BCUT2D eigenvalue weighted by atomic mass is 16.3. The summed E-state index contributed by atoms with van der Waals surface area (Å²) in [6, 6.07) is 6.04. The van der Waals surface area contributed by atoms with Crippen molar-refractivity contribution in [2.45, 2.75) is 65.4 Å². The van der Waals surface area contributed by atoms with E-state index in [9.17, 15) is 10.2 Å². The van der Waals surface area contributed by atoms with Crippen LogP contribution in [0.1, 0.15) is 64.0 Å². The zero-order chi connectivity index (χ0) is 17.2. The first-order valence-corrected chi connectivity index (χ1v) is 9.82. The first-order chi connectivity index (χ1) is 11.3. The van der Waals surface area contributed by atoms with E-state index < -0.39 is 0 Å². The van der Waals surface area contributed by atoms with E-state index in [-0.39, 0.29) is 11.5 Å². The topological polar surface area (TPSA) is 40.5 Å². The van der Waals surface area contributed by atoms with Crippen molar-refractivity contribution < 1.29 is 10.2 Å². The highest BCUT2D eigenvalue weighted by Gasteiger charge is 2.58. The summed E-state index contributed by atoms with van der Waals surface area (Å²) in [7, 11) is 0. The third-order valence-electron chi connectivity index (χ3n) is 7.94. The quantitative estimate of drug-likeness (QED) is 0.782. The van der Waals surface area contributed by atoms with Gasteiger partial charge in [0.2, 0.25) is 0 Å². The summed E-state index contributed by atoms with van der Waals surface area (Å²) >= 11 is 0. The number of aromatic hydroxyl groups is 1. The highest BCUT2D eigenvalue weighted by molar-refractivity contribution is 5.41. The molecule has 1 aromatic rings. The molecule has 0 heterocycles. The molecule has 0 spiro atoms.